The Morgan fingerprint density at radius 2 is 1.96 bits per heavy atom. The molecule has 1 spiro atoms. The molecule has 2 heterocycles. The number of ether oxygens (including phenoxy) is 1. The summed E-state index contributed by atoms with van der Waals surface area (Å²) in [5.41, 5.74) is 1.96. The number of hydrogen-bond donors (Lipinski definition) is 1. The molecule has 136 valence electrons. The van der Waals surface area contributed by atoms with Gasteiger partial charge in [-0.15, -0.1) is 0 Å². The zero-order valence-electron chi connectivity index (χ0n) is 15.3. The average molecular weight is 345 g/mol. The van der Waals surface area contributed by atoms with Crippen molar-refractivity contribution in [2.45, 2.75) is 32.6 Å². The van der Waals surface area contributed by atoms with Crippen molar-refractivity contribution in [2.24, 2.45) is 5.41 Å². The first-order chi connectivity index (χ1) is 11.9. The molecule has 2 aliphatic heterocycles. The van der Waals surface area contributed by atoms with Gasteiger partial charge in [0.2, 0.25) is 5.91 Å². The van der Waals surface area contributed by atoms with Crippen molar-refractivity contribution in [3.63, 3.8) is 0 Å². The lowest BCUT2D eigenvalue weighted by molar-refractivity contribution is -0.137. The third-order valence-electron chi connectivity index (χ3n) is 5.58. The molecule has 2 saturated heterocycles. The fourth-order valence-electron chi connectivity index (χ4n) is 3.94. The highest BCUT2D eigenvalue weighted by Crippen LogP contribution is 2.40. The molecule has 6 nitrogen and oxygen atoms in total. The van der Waals surface area contributed by atoms with Crippen molar-refractivity contribution in [1.29, 1.82) is 0 Å². The number of nitrogens with one attached hydrogen (secondary N) is 1. The molecule has 6 heteroatoms. The van der Waals surface area contributed by atoms with E-state index in [1.165, 1.54) is 0 Å². The summed E-state index contributed by atoms with van der Waals surface area (Å²) in [6.45, 7) is 4.25. The second kappa shape index (κ2) is 6.94. The van der Waals surface area contributed by atoms with Gasteiger partial charge in [0.15, 0.2) is 0 Å². The number of nitrogens with zero attached hydrogens (tertiary/aromatic N) is 2. The van der Waals surface area contributed by atoms with E-state index in [0.29, 0.717) is 17.9 Å². The van der Waals surface area contributed by atoms with Gasteiger partial charge < -0.3 is 19.9 Å². The third-order valence-corrected chi connectivity index (χ3v) is 5.58. The second-order valence-electron chi connectivity index (χ2n) is 7.37. The van der Waals surface area contributed by atoms with Gasteiger partial charge in [-0.2, -0.15) is 0 Å². The van der Waals surface area contributed by atoms with Crippen LogP contribution in [0.25, 0.3) is 0 Å². The molecule has 0 unspecified atom stereocenters. The summed E-state index contributed by atoms with van der Waals surface area (Å²) in [5, 5.41) is 2.98. The Morgan fingerprint density at radius 1 is 1.24 bits per heavy atom. The number of likely N-dealkylation sites (tertiary alicyclic amines) is 2. The number of urea groups is 1. The third kappa shape index (κ3) is 3.72. The number of anilines is 1. The standard InChI is InChI=1S/C19H27N3O3/c1-14-4-5-16(25-3)15(12-14)20-18(24)22-10-8-19(9-11-22)7-6-17(23)21(2)13-19/h4-5,12H,6-11,13H2,1-3H3,(H,20,24). The molecule has 0 aliphatic carbocycles. The van der Waals surface area contributed by atoms with Crippen LogP contribution in [0.2, 0.25) is 0 Å². The zero-order chi connectivity index (χ0) is 18.0. The lowest BCUT2D eigenvalue weighted by atomic mass is 9.72. The van der Waals surface area contributed by atoms with E-state index >= 15 is 0 Å². The van der Waals surface area contributed by atoms with Crippen LogP contribution in [0, 0.1) is 12.3 Å². The topological polar surface area (TPSA) is 61.9 Å². The molecule has 25 heavy (non-hydrogen) atoms. The fourth-order valence-corrected chi connectivity index (χ4v) is 3.94. The summed E-state index contributed by atoms with van der Waals surface area (Å²) in [7, 11) is 3.48. The fraction of sp³-hybridized carbons (Fsp3) is 0.579. The van der Waals surface area contributed by atoms with E-state index < -0.39 is 0 Å². The SMILES string of the molecule is COc1ccc(C)cc1NC(=O)N1CCC2(CCC(=O)N(C)C2)CC1. The van der Waals surface area contributed by atoms with Crippen LogP contribution in [-0.2, 0) is 4.79 Å². The van der Waals surface area contributed by atoms with Crippen LogP contribution in [0.3, 0.4) is 0 Å². The monoisotopic (exact) mass is 345 g/mol. The predicted octanol–water partition coefficient (Wildman–Crippen LogP) is 2.87. The summed E-state index contributed by atoms with van der Waals surface area (Å²) in [5.74, 6) is 0.900. The summed E-state index contributed by atoms with van der Waals surface area (Å²) in [4.78, 5) is 28.1. The number of amides is 3. The van der Waals surface area contributed by atoms with Crippen LogP contribution in [-0.4, -0.2) is 55.5 Å². The first-order valence-electron chi connectivity index (χ1n) is 8.87. The number of rotatable bonds is 2. The molecule has 0 aromatic heterocycles. The number of piperidine rings is 2. The summed E-state index contributed by atoms with van der Waals surface area (Å²) in [6.07, 6.45) is 3.46. The molecule has 1 aromatic rings. The highest BCUT2D eigenvalue weighted by molar-refractivity contribution is 5.91. The zero-order valence-corrected chi connectivity index (χ0v) is 15.3. The predicted molar refractivity (Wildman–Crippen MR) is 96.9 cm³/mol. The van der Waals surface area contributed by atoms with Crippen LogP contribution in [0.4, 0.5) is 10.5 Å². The molecule has 3 rings (SSSR count). The quantitative estimate of drug-likeness (QED) is 0.896. The van der Waals surface area contributed by atoms with E-state index in [2.05, 4.69) is 5.32 Å². The van der Waals surface area contributed by atoms with Gasteiger partial charge in [0.1, 0.15) is 5.75 Å². The summed E-state index contributed by atoms with van der Waals surface area (Å²) in [6, 6.07) is 5.66. The van der Waals surface area contributed by atoms with Gasteiger partial charge in [-0.3, -0.25) is 4.79 Å². The van der Waals surface area contributed by atoms with E-state index in [1.54, 1.807) is 7.11 Å². The Hall–Kier alpha value is -2.24. The Kier molecular flexibility index (Phi) is 4.88. The first-order valence-corrected chi connectivity index (χ1v) is 8.87. The van der Waals surface area contributed by atoms with Crippen molar-refractivity contribution in [3.05, 3.63) is 23.8 Å². The summed E-state index contributed by atoms with van der Waals surface area (Å²) >= 11 is 0. The molecule has 1 aromatic carbocycles. The van der Waals surface area contributed by atoms with E-state index in [-0.39, 0.29) is 17.4 Å². The van der Waals surface area contributed by atoms with Crippen molar-refractivity contribution in [1.82, 2.24) is 9.80 Å². The van der Waals surface area contributed by atoms with Gasteiger partial charge >= 0.3 is 6.03 Å². The molecule has 0 bridgehead atoms. The van der Waals surface area contributed by atoms with Gasteiger partial charge in [0, 0.05) is 33.1 Å². The molecule has 2 fully saturated rings. The van der Waals surface area contributed by atoms with Crippen molar-refractivity contribution in [2.75, 3.05) is 39.1 Å². The molecule has 2 aliphatic rings. The van der Waals surface area contributed by atoms with E-state index in [1.807, 2.05) is 42.0 Å². The molecule has 0 radical (unpaired) electrons. The van der Waals surface area contributed by atoms with Crippen molar-refractivity contribution >= 4 is 17.6 Å². The molecule has 0 atom stereocenters. The molecular formula is C19H27N3O3. The van der Waals surface area contributed by atoms with Gasteiger partial charge in [0.05, 0.1) is 12.8 Å². The van der Waals surface area contributed by atoms with Crippen LogP contribution in [0.15, 0.2) is 18.2 Å². The van der Waals surface area contributed by atoms with Gasteiger partial charge in [-0.25, -0.2) is 4.79 Å². The van der Waals surface area contributed by atoms with Crippen molar-refractivity contribution < 1.29 is 14.3 Å². The molecular weight excluding hydrogens is 318 g/mol. The Labute approximate surface area is 149 Å². The normalized spacial score (nSPS) is 19.9. The van der Waals surface area contributed by atoms with Crippen LogP contribution in [0.1, 0.15) is 31.2 Å². The minimum Gasteiger partial charge on any atom is -0.495 e. The highest BCUT2D eigenvalue weighted by atomic mass is 16.5. The van der Waals surface area contributed by atoms with Gasteiger partial charge in [-0.05, 0) is 49.3 Å². The van der Waals surface area contributed by atoms with Crippen LogP contribution in [0.5, 0.6) is 5.75 Å². The largest absolute Gasteiger partial charge is 0.495 e. The minimum absolute atomic E-state index is 0.0843. The van der Waals surface area contributed by atoms with Crippen LogP contribution >= 0.6 is 0 Å². The van der Waals surface area contributed by atoms with E-state index in [0.717, 1.165) is 44.5 Å². The second-order valence-corrected chi connectivity index (χ2v) is 7.37. The lowest BCUT2D eigenvalue weighted by Crippen LogP contribution is -2.51. The lowest BCUT2D eigenvalue weighted by Gasteiger charge is -2.46. The molecule has 3 amide bonds. The number of carbonyl (C=O) groups excluding carboxylic acids is 2. The summed E-state index contributed by atoms with van der Waals surface area (Å²) < 4.78 is 5.33. The maximum Gasteiger partial charge on any atom is 0.321 e. The smallest absolute Gasteiger partial charge is 0.321 e. The molecule has 1 N–H and O–H groups in total. The minimum atomic E-state index is -0.0843. The number of methoxy groups -OCH3 is 1. The number of carbonyl (C=O) groups is 2. The number of hydrogen-bond acceptors (Lipinski definition) is 3. The first kappa shape index (κ1) is 17.6. The Balaban J connectivity index is 1.61. The van der Waals surface area contributed by atoms with Gasteiger partial charge in [0.25, 0.3) is 0 Å². The van der Waals surface area contributed by atoms with Crippen molar-refractivity contribution in [3.8, 4) is 5.75 Å². The average Bonchev–Trinajstić information content (AvgIpc) is 2.59. The number of benzene rings is 1. The molecule has 0 saturated carbocycles. The number of aryl methyl sites for hydroxylation is 1. The maximum absolute atomic E-state index is 12.6. The van der Waals surface area contributed by atoms with E-state index in [4.69, 9.17) is 4.74 Å². The van der Waals surface area contributed by atoms with Gasteiger partial charge in [-0.1, -0.05) is 6.07 Å². The van der Waals surface area contributed by atoms with Crippen LogP contribution < -0.4 is 10.1 Å². The van der Waals surface area contributed by atoms with E-state index in [9.17, 15) is 9.59 Å². The maximum atomic E-state index is 12.6. The highest BCUT2D eigenvalue weighted by Gasteiger charge is 2.40. The Bertz CT molecular complexity index is 666. The Morgan fingerprint density at radius 3 is 2.60 bits per heavy atom.